The summed E-state index contributed by atoms with van der Waals surface area (Å²) in [5.74, 6) is 0.207. The average molecular weight is 427 g/mol. The molecule has 2 aliphatic rings. The highest BCUT2D eigenvalue weighted by Crippen LogP contribution is 2.34. The Labute approximate surface area is 175 Å². The second-order valence-corrected chi connectivity index (χ2v) is 7.62. The number of nitrogens with zero attached hydrogens (tertiary/aromatic N) is 2. The first-order valence-corrected chi connectivity index (χ1v) is 9.69. The summed E-state index contributed by atoms with van der Waals surface area (Å²) in [5.41, 5.74) is 2.09. The summed E-state index contributed by atoms with van der Waals surface area (Å²) in [6.45, 7) is 3.21. The maximum atomic E-state index is 13.1. The molecule has 2 saturated heterocycles. The molecule has 1 N–H and O–H groups in total. The van der Waals surface area contributed by atoms with Crippen LogP contribution in [0.25, 0.3) is 0 Å². The first-order chi connectivity index (χ1) is 12.6. The van der Waals surface area contributed by atoms with Gasteiger partial charge in [0.25, 0.3) is 0 Å². The van der Waals surface area contributed by atoms with E-state index in [0.717, 1.165) is 43.9 Å². The van der Waals surface area contributed by atoms with Crippen LogP contribution in [-0.4, -0.2) is 43.2 Å². The van der Waals surface area contributed by atoms with Gasteiger partial charge in [-0.1, -0.05) is 47.5 Å². The molecule has 0 spiro atoms. The van der Waals surface area contributed by atoms with E-state index in [4.69, 9.17) is 23.2 Å². The SMILES string of the molecule is Cl.O=C1N(c2ccccc2)CCN1[C@@H]1CCNC[C@H]1c1ccc(Cl)c(Cl)c1. The van der Waals surface area contributed by atoms with Crippen molar-refractivity contribution in [3.8, 4) is 0 Å². The molecule has 2 aliphatic heterocycles. The van der Waals surface area contributed by atoms with Crippen LogP contribution >= 0.6 is 35.6 Å². The van der Waals surface area contributed by atoms with Crippen molar-refractivity contribution in [1.29, 1.82) is 0 Å². The molecule has 0 unspecified atom stereocenters. The molecule has 0 radical (unpaired) electrons. The second-order valence-electron chi connectivity index (χ2n) is 6.80. The van der Waals surface area contributed by atoms with Gasteiger partial charge in [0, 0.05) is 37.3 Å². The van der Waals surface area contributed by atoms with Crippen LogP contribution in [0.5, 0.6) is 0 Å². The molecule has 2 amide bonds. The third-order valence-electron chi connectivity index (χ3n) is 5.33. The van der Waals surface area contributed by atoms with E-state index >= 15 is 0 Å². The van der Waals surface area contributed by atoms with Crippen LogP contribution in [0.2, 0.25) is 10.0 Å². The predicted molar refractivity (Wildman–Crippen MR) is 114 cm³/mol. The van der Waals surface area contributed by atoms with E-state index in [0.29, 0.717) is 10.0 Å². The molecular formula is C20H22Cl3N3O. The summed E-state index contributed by atoms with van der Waals surface area (Å²) < 4.78 is 0. The number of halogens is 3. The number of anilines is 1. The molecule has 4 nitrogen and oxygen atoms in total. The summed E-state index contributed by atoms with van der Waals surface area (Å²) >= 11 is 12.3. The molecule has 7 heteroatoms. The molecule has 0 saturated carbocycles. The molecule has 0 bridgehead atoms. The number of para-hydroxylation sites is 1. The summed E-state index contributed by atoms with van der Waals surface area (Å²) in [5, 5.41) is 4.57. The second kappa shape index (κ2) is 8.70. The van der Waals surface area contributed by atoms with Crippen molar-refractivity contribution in [2.75, 3.05) is 31.1 Å². The van der Waals surface area contributed by atoms with Crippen molar-refractivity contribution in [3.63, 3.8) is 0 Å². The maximum absolute atomic E-state index is 13.1. The third-order valence-corrected chi connectivity index (χ3v) is 6.07. The summed E-state index contributed by atoms with van der Waals surface area (Å²) in [4.78, 5) is 17.0. The lowest BCUT2D eigenvalue weighted by Gasteiger charge is -2.38. The van der Waals surface area contributed by atoms with Crippen molar-refractivity contribution in [1.82, 2.24) is 10.2 Å². The van der Waals surface area contributed by atoms with E-state index in [9.17, 15) is 4.79 Å². The number of hydrogen-bond donors (Lipinski definition) is 1. The third kappa shape index (κ3) is 4.04. The van der Waals surface area contributed by atoms with Gasteiger partial charge < -0.3 is 10.2 Å². The zero-order valence-electron chi connectivity index (χ0n) is 14.8. The van der Waals surface area contributed by atoms with Gasteiger partial charge in [0.2, 0.25) is 0 Å². The number of piperidine rings is 1. The lowest BCUT2D eigenvalue weighted by Crippen LogP contribution is -2.49. The zero-order chi connectivity index (χ0) is 18.1. The van der Waals surface area contributed by atoms with Crippen molar-refractivity contribution in [2.24, 2.45) is 0 Å². The van der Waals surface area contributed by atoms with Gasteiger partial charge in [0.1, 0.15) is 0 Å². The molecule has 2 aromatic rings. The van der Waals surface area contributed by atoms with E-state index in [1.165, 1.54) is 0 Å². The zero-order valence-corrected chi connectivity index (χ0v) is 17.1. The Balaban J connectivity index is 0.00000210. The van der Waals surface area contributed by atoms with Crippen LogP contribution in [0.15, 0.2) is 48.5 Å². The van der Waals surface area contributed by atoms with Crippen molar-refractivity contribution < 1.29 is 4.79 Å². The Kier molecular flexibility index (Phi) is 6.53. The van der Waals surface area contributed by atoms with Crippen LogP contribution in [0.4, 0.5) is 10.5 Å². The molecular weight excluding hydrogens is 405 g/mol. The average Bonchev–Trinajstić information content (AvgIpc) is 3.06. The van der Waals surface area contributed by atoms with Crippen molar-refractivity contribution in [3.05, 3.63) is 64.1 Å². The molecule has 4 rings (SSSR count). The molecule has 2 fully saturated rings. The highest BCUT2D eigenvalue weighted by Gasteiger charge is 2.39. The lowest BCUT2D eigenvalue weighted by atomic mass is 9.86. The minimum absolute atomic E-state index is 0. The maximum Gasteiger partial charge on any atom is 0.324 e. The van der Waals surface area contributed by atoms with Gasteiger partial charge >= 0.3 is 6.03 Å². The fourth-order valence-electron chi connectivity index (χ4n) is 4.01. The van der Waals surface area contributed by atoms with Crippen LogP contribution in [0.3, 0.4) is 0 Å². The first-order valence-electron chi connectivity index (χ1n) is 8.94. The summed E-state index contributed by atoms with van der Waals surface area (Å²) in [6, 6.07) is 15.9. The standard InChI is InChI=1S/C20H21Cl2N3O.ClH/c21-17-7-6-14(12-18(17)22)16-13-23-9-8-19(16)25-11-10-24(20(25)26)15-4-2-1-3-5-15;/h1-7,12,16,19,23H,8-11,13H2;1H/t16-,19+;/m0./s1. The molecule has 2 heterocycles. The normalized spacial score (nSPS) is 22.7. The number of carbonyl (C=O) groups excluding carboxylic acids is 1. The van der Waals surface area contributed by atoms with Gasteiger partial charge in [0.15, 0.2) is 0 Å². The molecule has 2 atom stereocenters. The largest absolute Gasteiger partial charge is 0.324 e. The van der Waals surface area contributed by atoms with Crippen molar-refractivity contribution >= 4 is 47.3 Å². The van der Waals surface area contributed by atoms with E-state index in [-0.39, 0.29) is 30.4 Å². The van der Waals surface area contributed by atoms with Gasteiger partial charge in [-0.3, -0.25) is 4.90 Å². The van der Waals surface area contributed by atoms with Crippen LogP contribution in [-0.2, 0) is 0 Å². The fraction of sp³-hybridized carbons (Fsp3) is 0.350. The monoisotopic (exact) mass is 425 g/mol. The molecule has 2 aromatic carbocycles. The first kappa shape index (κ1) is 20.3. The summed E-state index contributed by atoms with van der Waals surface area (Å²) in [6.07, 6.45) is 0.930. The molecule has 0 aliphatic carbocycles. The van der Waals surface area contributed by atoms with Crippen LogP contribution in [0.1, 0.15) is 17.9 Å². The minimum Gasteiger partial charge on any atom is -0.319 e. The fourth-order valence-corrected chi connectivity index (χ4v) is 4.32. The molecule has 27 heavy (non-hydrogen) atoms. The van der Waals surface area contributed by atoms with E-state index in [2.05, 4.69) is 5.32 Å². The van der Waals surface area contributed by atoms with Crippen LogP contribution in [0, 0.1) is 0 Å². The van der Waals surface area contributed by atoms with E-state index in [1.807, 2.05) is 58.3 Å². The smallest absolute Gasteiger partial charge is 0.319 e. The number of hydrogen-bond acceptors (Lipinski definition) is 2. The number of urea groups is 1. The Bertz CT molecular complexity index is 802. The highest BCUT2D eigenvalue weighted by molar-refractivity contribution is 6.42. The number of rotatable bonds is 3. The number of benzene rings is 2. The lowest BCUT2D eigenvalue weighted by molar-refractivity contribution is 0.173. The van der Waals surface area contributed by atoms with E-state index < -0.39 is 0 Å². The minimum atomic E-state index is 0. The quantitative estimate of drug-likeness (QED) is 0.765. The Morgan fingerprint density at radius 2 is 1.78 bits per heavy atom. The van der Waals surface area contributed by atoms with Gasteiger partial charge in [0.05, 0.1) is 10.0 Å². The van der Waals surface area contributed by atoms with Gasteiger partial charge in [-0.05, 0) is 42.8 Å². The van der Waals surface area contributed by atoms with Crippen molar-refractivity contribution in [2.45, 2.75) is 18.4 Å². The Morgan fingerprint density at radius 3 is 2.52 bits per heavy atom. The topological polar surface area (TPSA) is 35.6 Å². The van der Waals surface area contributed by atoms with Gasteiger partial charge in [-0.15, -0.1) is 12.4 Å². The number of amides is 2. The number of carbonyl (C=O) groups is 1. The van der Waals surface area contributed by atoms with Crippen LogP contribution < -0.4 is 10.2 Å². The number of nitrogens with one attached hydrogen (secondary N) is 1. The Hall–Kier alpha value is -1.46. The molecule has 144 valence electrons. The predicted octanol–water partition coefficient (Wildman–Crippen LogP) is 4.80. The van der Waals surface area contributed by atoms with E-state index in [1.54, 1.807) is 0 Å². The Morgan fingerprint density at radius 1 is 1.00 bits per heavy atom. The molecule has 0 aromatic heterocycles. The highest BCUT2D eigenvalue weighted by atomic mass is 35.5. The van der Waals surface area contributed by atoms with Gasteiger partial charge in [-0.25, -0.2) is 4.79 Å². The van der Waals surface area contributed by atoms with Gasteiger partial charge in [-0.2, -0.15) is 0 Å². The summed E-state index contributed by atoms with van der Waals surface area (Å²) in [7, 11) is 0.